The first-order valence-corrected chi connectivity index (χ1v) is 46.5. The van der Waals surface area contributed by atoms with Crippen LogP contribution in [0.1, 0.15) is 302 Å². The molecule has 0 aromatic rings. The van der Waals surface area contributed by atoms with Gasteiger partial charge in [-0.25, -0.2) is 8.78 Å². The molecule has 6 saturated heterocycles. The molecule has 26 heteroatoms. The van der Waals surface area contributed by atoms with Crippen LogP contribution in [0.5, 0.6) is 0 Å². The third-order valence-corrected chi connectivity index (χ3v) is 27.6. The van der Waals surface area contributed by atoms with Crippen molar-refractivity contribution in [2.45, 2.75) is 368 Å². The van der Waals surface area contributed by atoms with Gasteiger partial charge in [0, 0.05) is 78.8 Å². The molecule has 2 saturated carbocycles. The molecule has 6 heterocycles. The second-order valence-electron chi connectivity index (χ2n) is 40.7. The number of nitrogens with zero attached hydrogens (tertiary/aromatic N) is 6. The van der Waals surface area contributed by atoms with E-state index in [0.29, 0.717) is 84.1 Å². The van der Waals surface area contributed by atoms with Gasteiger partial charge in [0.05, 0.1) is 124 Å². The van der Waals surface area contributed by atoms with Crippen LogP contribution in [0.2, 0.25) is 0 Å². The number of piperidine rings is 1. The van der Waals surface area contributed by atoms with Gasteiger partial charge in [-0.15, -0.1) is 0 Å². The number of hydrogen-bond acceptors (Lipinski definition) is 18. The molecule has 8 fully saturated rings. The molecule has 0 aromatic heterocycles. The Labute approximate surface area is 740 Å². The number of likely N-dealkylation sites (tertiary alicyclic amines) is 6. The van der Waals surface area contributed by atoms with Crippen LogP contribution in [0.15, 0.2) is 11.1 Å². The van der Waals surface area contributed by atoms with E-state index in [2.05, 4.69) is 93.2 Å². The Hall–Kier alpha value is -6.76. The second-order valence-corrected chi connectivity index (χ2v) is 40.7. The van der Waals surface area contributed by atoms with E-state index in [-0.39, 0.29) is 194 Å². The second kappa shape index (κ2) is 51.3. The summed E-state index contributed by atoms with van der Waals surface area (Å²) in [6, 6.07) is 1.91. The number of esters is 6. The van der Waals surface area contributed by atoms with Gasteiger partial charge < -0.3 is 57.8 Å². The normalized spacial score (nSPS) is 24.9. The maximum absolute atomic E-state index is 13.7. The fraction of sp³-hybridized carbons (Fsp3) is 0.856. The van der Waals surface area contributed by atoms with E-state index in [1.165, 1.54) is 61.9 Å². The lowest BCUT2D eigenvalue weighted by molar-refractivity contribution is -0.151. The predicted octanol–water partition coefficient (Wildman–Crippen LogP) is 16.7. The van der Waals surface area contributed by atoms with Crippen LogP contribution >= 0.6 is 0 Å². The third kappa shape index (κ3) is 31.0. The van der Waals surface area contributed by atoms with Gasteiger partial charge in [-0.05, 0) is 169 Å². The summed E-state index contributed by atoms with van der Waals surface area (Å²) in [5.41, 5.74) is 1.35. The fourth-order valence-electron chi connectivity index (χ4n) is 20.1. The number of carbonyl (C=O) groups excluding carboxylic acids is 12. The van der Waals surface area contributed by atoms with Crippen LogP contribution in [0.3, 0.4) is 0 Å². The van der Waals surface area contributed by atoms with Gasteiger partial charge in [-0.1, -0.05) is 164 Å². The molecule has 8 aliphatic rings. The molecular weight excluding hydrogens is 1580 g/mol. The largest absolute Gasteiger partial charge is 0.469 e. The van der Waals surface area contributed by atoms with E-state index < -0.39 is 36.1 Å². The van der Waals surface area contributed by atoms with Crippen molar-refractivity contribution in [1.29, 1.82) is 0 Å². The lowest BCUT2D eigenvalue weighted by atomic mass is 9.86. The van der Waals surface area contributed by atoms with Gasteiger partial charge in [0.1, 0.15) is 12.3 Å². The molecule has 0 aromatic carbocycles. The van der Waals surface area contributed by atoms with Crippen LogP contribution in [-0.4, -0.2) is 229 Å². The SMILES string of the molecule is COC(=O)CC(C(=O)N1CCC[C@H]1C(C)C)=C(C)C.COC(=O)C[C@H](C(=O)N1C2CCC(C2)[C@H]1C(C)C)C(C)C.COC(=O)C[C@H](C(=O)N1C2CCC[C@H]2C[C@H]1C(C)C)C(C)C.COC(=O)C[C@H](C(=O)N1C[C@@H](F)C[C@H]1C(C)C)C(C)C.COC(=O)C[C@H](C(=O)N1C[C@H](F)C[C@H]1C(C)C)C(C)C.COC(=O)C[C@H](C(=O)N1[C@H](C(C)C)CCC1(C)C)C(C)C. The fourth-order valence-corrected chi connectivity index (χ4v) is 20.1. The number of hydrogen-bond donors (Lipinski definition) is 0. The van der Waals surface area contributed by atoms with Gasteiger partial charge >= 0.3 is 35.8 Å². The number of ether oxygens (including phenoxy) is 6. The first-order chi connectivity index (χ1) is 57.3. The van der Waals surface area contributed by atoms with E-state index >= 15 is 0 Å². The maximum atomic E-state index is 13.7. The van der Waals surface area contributed by atoms with Crippen molar-refractivity contribution in [3.63, 3.8) is 0 Å². The number of methoxy groups -OCH3 is 6. The van der Waals surface area contributed by atoms with Gasteiger partial charge in [-0.2, -0.15) is 0 Å². The number of fused-ring (bicyclic) bond motifs is 3. The smallest absolute Gasteiger partial charge is 0.310 e. The summed E-state index contributed by atoms with van der Waals surface area (Å²) < 4.78 is 55.6. The van der Waals surface area contributed by atoms with Crippen LogP contribution in [0.4, 0.5) is 8.78 Å². The van der Waals surface area contributed by atoms with Crippen molar-refractivity contribution < 1.29 is 94.7 Å². The molecule has 0 spiro atoms. The molecule has 8 rings (SSSR count). The summed E-state index contributed by atoms with van der Waals surface area (Å²) >= 11 is 0. The van der Waals surface area contributed by atoms with Crippen molar-refractivity contribution in [3.05, 3.63) is 11.1 Å². The Morgan fingerprint density at radius 3 is 1.07 bits per heavy atom. The highest BCUT2D eigenvalue weighted by atomic mass is 19.1. The summed E-state index contributed by atoms with van der Waals surface area (Å²) in [7, 11) is 8.13. The molecule has 2 aliphatic carbocycles. The molecule has 6 aliphatic heterocycles. The Bertz CT molecular complexity index is 3370. The van der Waals surface area contributed by atoms with Gasteiger partial charge in [0.15, 0.2) is 0 Å². The molecular formula is C97H168F2N6O18. The molecule has 3 unspecified atom stereocenters. The molecule has 123 heavy (non-hydrogen) atoms. The maximum Gasteiger partial charge on any atom is 0.310 e. The molecule has 708 valence electrons. The van der Waals surface area contributed by atoms with Gasteiger partial charge in [0.25, 0.3) is 5.91 Å². The zero-order valence-corrected chi connectivity index (χ0v) is 82.0. The number of alkyl halides is 2. The Morgan fingerprint density at radius 1 is 0.358 bits per heavy atom. The molecule has 0 radical (unpaired) electrons. The molecule has 0 N–H and O–H groups in total. The Balaban J connectivity index is 0.000000381. The minimum Gasteiger partial charge on any atom is -0.469 e. The minimum absolute atomic E-state index is 0.00148. The summed E-state index contributed by atoms with van der Waals surface area (Å²) in [6.07, 6.45) is 12.1. The summed E-state index contributed by atoms with van der Waals surface area (Å²) in [5, 5.41) is 0. The Morgan fingerprint density at radius 2 is 0.724 bits per heavy atom. The highest BCUT2D eigenvalue weighted by molar-refractivity contribution is 5.98. The number of rotatable bonds is 29. The topological polar surface area (TPSA) is 280 Å². The monoisotopic (exact) mass is 1740 g/mol. The average Bonchev–Trinajstić information content (AvgIpc) is 1.61. The number of carbonyl (C=O) groups is 12. The summed E-state index contributed by atoms with van der Waals surface area (Å²) in [6.45, 7) is 54.2. The van der Waals surface area contributed by atoms with Gasteiger partial charge in [0.2, 0.25) is 29.5 Å². The van der Waals surface area contributed by atoms with Crippen LogP contribution < -0.4 is 0 Å². The third-order valence-electron chi connectivity index (χ3n) is 27.6. The number of allylic oxidation sites excluding steroid dienone is 1. The van der Waals surface area contributed by atoms with E-state index in [1.54, 1.807) is 9.80 Å². The minimum atomic E-state index is -0.961. The van der Waals surface area contributed by atoms with E-state index in [4.69, 9.17) is 14.2 Å². The van der Waals surface area contributed by atoms with Crippen molar-refractivity contribution in [1.82, 2.24) is 29.4 Å². The highest BCUT2D eigenvalue weighted by Crippen LogP contribution is 2.48. The summed E-state index contributed by atoms with van der Waals surface area (Å²) in [4.78, 5) is 158. The number of amides is 6. The van der Waals surface area contributed by atoms with Crippen LogP contribution in [-0.2, 0) is 86.0 Å². The first kappa shape index (κ1) is 110. The van der Waals surface area contributed by atoms with E-state index in [9.17, 15) is 66.3 Å². The van der Waals surface area contributed by atoms with Crippen molar-refractivity contribution in [3.8, 4) is 0 Å². The standard InChI is InChI=1S/C18H31NO3.C17H29NO3.C17H31NO3.2C15H26FNO3.C15H25NO3/c1-11(2)14(10-17(20)22-5)18(21)19-15-8-6-7-13(15)9-16(19)12(3)4;1-10(2)14(9-15(19)21-5)17(20)18-13-7-6-12(8-13)16(18)11(3)4;1-11(2)13(10-15(19)21-7)16(20)18-14(12(3)4)8-9-17(18,5)6;2*1-9(2)12(7-14(18)20-5)15(19)17-8-11(16)6-13(17)10(3)4;1-10(2)12(9-14(17)19-5)15(18)16-8-6-7-13(16)11(3)4/h11-16H,6-10H2,1-5H3;10-14,16H,6-9H2,1-5H3;11-14H,8-10H2,1-7H3;2*9-13H,6-8H2,1-5H3;11,13H,6-9H2,1-5H3/t13-,14-,15?,16-;12?,13?,14-,16+;13-,14-;11-,12+,13+;11-,12-,13-;13-/m000100/s1. The predicted molar refractivity (Wildman–Crippen MR) is 476 cm³/mol. The Kier molecular flexibility index (Phi) is 46.0. The average molecular weight is 1740 g/mol. The highest BCUT2D eigenvalue weighted by Gasteiger charge is 2.53. The van der Waals surface area contributed by atoms with Crippen molar-refractivity contribution in [2.75, 3.05) is 62.3 Å². The zero-order chi connectivity index (χ0) is 94.0. The lowest BCUT2D eigenvalue weighted by Gasteiger charge is -2.40. The van der Waals surface area contributed by atoms with E-state index in [0.717, 1.165) is 63.5 Å². The van der Waals surface area contributed by atoms with E-state index in [1.807, 2.05) is 121 Å². The molecule has 2 bridgehead atoms. The summed E-state index contributed by atoms with van der Waals surface area (Å²) in [5.74, 6) is 0.580. The van der Waals surface area contributed by atoms with Crippen molar-refractivity contribution in [2.24, 2.45) is 107 Å². The molecule has 17 atom stereocenters. The van der Waals surface area contributed by atoms with Gasteiger partial charge in [-0.3, -0.25) is 57.5 Å². The first-order valence-electron chi connectivity index (χ1n) is 46.5. The quantitative estimate of drug-likeness (QED) is 0.0382. The molecule has 24 nitrogen and oxygen atoms in total. The van der Waals surface area contributed by atoms with Crippen molar-refractivity contribution >= 4 is 71.3 Å². The zero-order valence-electron chi connectivity index (χ0n) is 82.0. The van der Waals surface area contributed by atoms with Crippen LogP contribution in [0, 0.1) is 107 Å². The molecule has 6 amide bonds. The van der Waals surface area contributed by atoms with Crippen LogP contribution in [0.25, 0.3) is 0 Å². The number of halogens is 2. The lowest BCUT2D eigenvalue weighted by Crippen LogP contribution is -2.52.